The van der Waals surface area contributed by atoms with Gasteiger partial charge in [0.2, 0.25) is 5.91 Å². The number of carbonyl (C=O) groups is 1. The second kappa shape index (κ2) is 8.67. The normalized spacial score (nSPS) is 11.0. The Kier molecular flexibility index (Phi) is 5.85. The van der Waals surface area contributed by atoms with Crippen molar-refractivity contribution in [1.82, 2.24) is 15.4 Å². The number of rotatable bonds is 7. The van der Waals surface area contributed by atoms with Gasteiger partial charge in [0, 0.05) is 25.0 Å². The minimum atomic E-state index is -0.486. The molecule has 0 unspecified atom stereocenters. The van der Waals surface area contributed by atoms with E-state index in [0.29, 0.717) is 35.1 Å². The van der Waals surface area contributed by atoms with Gasteiger partial charge in [0.25, 0.3) is 11.2 Å². The predicted molar refractivity (Wildman–Crippen MR) is 104 cm³/mol. The maximum Gasteiger partial charge on any atom is 0.269 e. The van der Waals surface area contributed by atoms with Crippen LogP contribution in [0, 0.1) is 10.1 Å². The molecular weight excluding hydrogens is 362 g/mol. The molecule has 0 atom stereocenters. The van der Waals surface area contributed by atoms with Gasteiger partial charge in [-0.15, -0.1) is 0 Å². The van der Waals surface area contributed by atoms with Gasteiger partial charge in [-0.1, -0.05) is 12.1 Å². The number of nitro groups is 1. The number of aryl methyl sites for hydroxylation is 1. The average molecular weight is 379 g/mol. The van der Waals surface area contributed by atoms with Crippen molar-refractivity contribution >= 4 is 28.7 Å². The lowest BCUT2D eigenvalue weighted by molar-refractivity contribution is -0.384. The lowest BCUT2D eigenvalue weighted by Gasteiger charge is -2.03. The van der Waals surface area contributed by atoms with Crippen molar-refractivity contribution in [3.8, 4) is 0 Å². The van der Waals surface area contributed by atoms with Gasteiger partial charge in [0.1, 0.15) is 5.82 Å². The third-order valence-electron chi connectivity index (χ3n) is 3.99. The van der Waals surface area contributed by atoms with Crippen LogP contribution in [-0.4, -0.2) is 27.0 Å². The van der Waals surface area contributed by atoms with E-state index in [0.717, 1.165) is 0 Å². The molecule has 1 heterocycles. The molecular formula is C19H17N5O4. The van der Waals surface area contributed by atoms with Crippen molar-refractivity contribution < 1.29 is 9.72 Å². The monoisotopic (exact) mass is 379 g/mol. The smallest absolute Gasteiger partial charge is 0.269 e. The standard InChI is InChI=1S/C19H17N5O4/c25-18(23-20-12-13-8-10-14(11-9-13)24(27)28)7-3-6-17-21-16-5-2-1-4-15(16)19(26)22-17/h1-2,4-5,8-12H,3,6-7H2,(H,23,25)(H,21,22,26)/b20-12+. The lowest BCUT2D eigenvalue weighted by atomic mass is 10.2. The van der Waals surface area contributed by atoms with Crippen LogP contribution in [0.2, 0.25) is 0 Å². The number of aromatic amines is 1. The number of benzene rings is 2. The molecule has 3 rings (SSSR count). The fraction of sp³-hybridized carbons (Fsp3) is 0.158. The number of H-pyrrole nitrogens is 1. The minimum Gasteiger partial charge on any atom is -0.310 e. The van der Waals surface area contributed by atoms with Crippen LogP contribution in [0.15, 0.2) is 58.4 Å². The number of hydrogen-bond acceptors (Lipinski definition) is 6. The lowest BCUT2D eigenvalue weighted by Crippen LogP contribution is -2.18. The molecule has 28 heavy (non-hydrogen) atoms. The van der Waals surface area contributed by atoms with Gasteiger partial charge in [0.05, 0.1) is 22.0 Å². The van der Waals surface area contributed by atoms with Crippen LogP contribution >= 0.6 is 0 Å². The van der Waals surface area contributed by atoms with E-state index < -0.39 is 4.92 Å². The number of nitrogens with zero attached hydrogens (tertiary/aromatic N) is 3. The van der Waals surface area contributed by atoms with Crippen molar-refractivity contribution in [2.75, 3.05) is 0 Å². The molecule has 0 aliphatic carbocycles. The highest BCUT2D eigenvalue weighted by atomic mass is 16.6. The van der Waals surface area contributed by atoms with Crippen LogP contribution in [0.1, 0.15) is 24.2 Å². The Morgan fingerprint density at radius 1 is 1.21 bits per heavy atom. The predicted octanol–water partition coefficient (Wildman–Crippen LogP) is 2.30. The SMILES string of the molecule is O=C(CCCc1nc2ccccc2c(=O)[nH]1)N/N=C/c1ccc([N+](=O)[O-])cc1. The molecule has 0 aliphatic rings. The largest absolute Gasteiger partial charge is 0.310 e. The molecule has 0 radical (unpaired) electrons. The van der Waals surface area contributed by atoms with Gasteiger partial charge in [0.15, 0.2) is 0 Å². The number of nitro benzene ring substituents is 1. The topological polar surface area (TPSA) is 130 Å². The van der Waals surface area contributed by atoms with Crippen LogP contribution < -0.4 is 11.0 Å². The van der Waals surface area contributed by atoms with Crippen molar-refractivity contribution in [2.45, 2.75) is 19.3 Å². The first-order valence-corrected chi connectivity index (χ1v) is 8.57. The highest BCUT2D eigenvalue weighted by Gasteiger charge is 2.06. The van der Waals surface area contributed by atoms with E-state index >= 15 is 0 Å². The Balaban J connectivity index is 1.48. The van der Waals surface area contributed by atoms with Gasteiger partial charge in [-0.2, -0.15) is 5.10 Å². The number of aromatic nitrogens is 2. The zero-order valence-corrected chi connectivity index (χ0v) is 14.8. The third kappa shape index (κ3) is 4.85. The number of amides is 1. The molecule has 0 spiro atoms. The Bertz CT molecular complexity index is 1090. The summed E-state index contributed by atoms with van der Waals surface area (Å²) in [7, 11) is 0. The number of carbonyl (C=O) groups excluding carboxylic acids is 1. The molecule has 9 heteroatoms. The van der Waals surface area contributed by atoms with E-state index in [1.54, 1.807) is 18.2 Å². The molecule has 0 aliphatic heterocycles. The van der Waals surface area contributed by atoms with Gasteiger partial charge in [-0.3, -0.25) is 19.7 Å². The number of fused-ring (bicyclic) bond motifs is 1. The average Bonchev–Trinajstić information content (AvgIpc) is 2.68. The molecule has 2 N–H and O–H groups in total. The molecule has 0 fully saturated rings. The first-order valence-electron chi connectivity index (χ1n) is 8.57. The van der Waals surface area contributed by atoms with Crippen LogP contribution in [0.3, 0.4) is 0 Å². The second-order valence-electron chi connectivity index (χ2n) is 6.03. The van der Waals surface area contributed by atoms with Crippen molar-refractivity contribution in [3.05, 3.63) is 80.4 Å². The Morgan fingerprint density at radius 3 is 2.71 bits per heavy atom. The quantitative estimate of drug-likeness (QED) is 0.369. The fourth-order valence-electron chi connectivity index (χ4n) is 2.59. The van der Waals surface area contributed by atoms with Crippen molar-refractivity contribution in [3.63, 3.8) is 0 Å². The summed E-state index contributed by atoms with van der Waals surface area (Å²) < 4.78 is 0. The highest BCUT2D eigenvalue weighted by Crippen LogP contribution is 2.10. The summed E-state index contributed by atoms with van der Waals surface area (Å²) in [5, 5.41) is 15.0. The Labute approximate surface area is 159 Å². The van der Waals surface area contributed by atoms with E-state index in [2.05, 4.69) is 20.5 Å². The number of para-hydroxylation sites is 1. The Morgan fingerprint density at radius 2 is 1.96 bits per heavy atom. The van der Waals surface area contributed by atoms with Crippen LogP contribution in [0.4, 0.5) is 5.69 Å². The molecule has 1 amide bonds. The van der Waals surface area contributed by atoms with Gasteiger partial charge in [-0.25, -0.2) is 10.4 Å². The second-order valence-corrected chi connectivity index (χ2v) is 6.03. The zero-order chi connectivity index (χ0) is 19.9. The molecule has 9 nitrogen and oxygen atoms in total. The zero-order valence-electron chi connectivity index (χ0n) is 14.8. The van der Waals surface area contributed by atoms with Crippen molar-refractivity contribution in [1.29, 1.82) is 0 Å². The highest BCUT2D eigenvalue weighted by molar-refractivity contribution is 5.82. The van der Waals surface area contributed by atoms with E-state index in [4.69, 9.17) is 0 Å². The van der Waals surface area contributed by atoms with Gasteiger partial charge >= 0.3 is 0 Å². The number of non-ortho nitro benzene ring substituents is 1. The molecule has 142 valence electrons. The van der Waals surface area contributed by atoms with Crippen molar-refractivity contribution in [2.24, 2.45) is 5.10 Å². The molecule has 1 aromatic heterocycles. The van der Waals surface area contributed by atoms with Gasteiger partial charge in [-0.05, 0) is 36.2 Å². The Hall–Kier alpha value is -3.88. The molecule has 0 saturated heterocycles. The maximum absolute atomic E-state index is 12.0. The van der Waals surface area contributed by atoms with E-state index in [1.165, 1.54) is 30.5 Å². The van der Waals surface area contributed by atoms with E-state index in [1.807, 2.05) is 6.07 Å². The fourth-order valence-corrected chi connectivity index (χ4v) is 2.59. The molecule has 2 aromatic carbocycles. The molecule has 3 aromatic rings. The van der Waals surface area contributed by atoms with E-state index in [-0.39, 0.29) is 23.6 Å². The van der Waals surface area contributed by atoms with Crippen LogP contribution in [-0.2, 0) is 11.2 Å². The first kappa shape index (κ1) is 18.9. The minimum absolute atomic E-state index is 0.0125. The summed E-state index contributed by atoms with van der Waals surface area (Å²) in [4.78, 5) is 41.1. The summed E-state index contributed by atoms with van der Waals surface area (Å²) >= 11 is 0. The summed E-state index contributed by atoms with van der Waals surface area (Å²) in [5.74, 6) is 0.257. The van der Waals surface area contributed by atoms with Crippen LogP contribution in [0.25, 0.3) is 10.9 Å². The first-order chi connectivity index (χ1) is 13.5. The van der Waals surface area contributed by atoms with Gasteiger partial charge < -0.3 is 4.98 Å². The molecule has 0 saturated carbocycles. The molecule has 0 bridgehead atoms. The summed E-state index contributed by atoms with van der Waals surface area (Å²) in [6.07, 6.45) is 2.58. The summed E-state index contributed by atoms with van der Waals surface area (Å²) in [6, 6.07) is 12.9. The number of hydrogen-bond donors (Lipinski definition) is 2. The third-order valence-corrected chi connectivity index (χ3v) is 3.99. The number of nitrogens with one attached hydrogen (secondary N) is 2. The number of hydrazone groups is 1. The summed E-state index contributed by atoms with van der Waals surface area (Å²) in [5.41, 5.74) is 3.44. The van der Waals surface area contributed by atoms with Crippen LogP contribution in [0.5, 0.6) is 0 Å². The maximum atomic E-state index is 12.0. The van der Waals surface area contributed by atoms with E-state index in [9.17, 15) is 19.7 Å². The summed E-state index contributed by atoms with van der Waals surface area (Å²) in [6.45, 7) is 0.